The van der Waals surface area contributed by atoms with Crippen LogP contribution >= 0.6 is 82.8 Å². The fourth-order valence-electron chi connectivity index (χ4n) is 1.65. The first kappa shape index (κ1) is 19.8. The monoisotopic (exact) mass is 470 g/mol. The van der Waals surface area contributed by atoms with Crippen LogP contribution < -0.4 is 10.9 Å². The van der Waals surface area contributed by atoms with E-state index in [4.69, 9.17) is 24.4 Å². The zero-order chi connectivity index (χ0) is 17.8. The van der Waals surface area contributed by atoms with Gasteiger partial charge in [-0.1, -0.05) is 82.8 Å². The van der Waals surface area contributed by atoms with Crippen molar-refractivity contribution >= 4 is 103 Å². The number of hydrogen-bond donors (Lipinski definition) is 2. The van der Waals surface area contributed by atoms with Crippen LogP contribution in [0.5, 0.6) is 0 Å². The average molecular weight is 471 g/mol. The van der Waals surface area contributed by atoms with Gasteiger partial charge < -0.3 is 0 Å². The smallest absolute Gasteiger partial charge is 0.253 e. The highest BCUT2D eigenvalue weighted by molar-refractivity contribution is 8.24. The Morgan fingerprint density at radius 1 is 0.920 bits per heavy atom. The Bertz CT molecular complexity index is 623. The van der Waals surface area contributed by atoms with Crippen molar-refractivity contribution in [1.82, 2.24) is 31.1 Å². The zero-order valence-electron chi connectivity index (χ0n) is 12.3. The molecule has 0 atom stereocenters. The number of aromatic nitrogens is 2. The topological polar surface area (TPSA) is 90.5 Å². The number of carbonyl (C=O) groups is 2. The molecule has 2 amide bonds. The molecule has 1 aromatic rings. The summed E-state index contributed by atoms with van der Waals surface area (Å²) in [4.78, 5) is 23.2. The summed E-state index contributed by atoms with van der Waals surface area (Å²) in [5, 5.41) is 11.0. The maximum atomic E-state index is 11.6. The lowest BCUT2D eigenvalue weighted by Gasteiger charge is -2.15. The van der Waals surface area contributed by atoms with E-state index in [1.54, 1.807) is 0 Å². The highest BCUT2D eigenvalue weighted by Crippen LogP contribution is 2.28. The van der Waals surface area contributed by atoms with E-state index < -0.39 is 0 Å². The predicted octanol–water partition coefficient (Wildman–Crippen LogP) is 1.37. The molecule has 0 aliphatic carbocycles. The molecule has 0 saturated carbocycles. The highest BCUT2D eigenvalue weighted by atomic mass is 32.2. The lowest BCUT2D eigenvalue weighted by Crippen LogP contribution is -2.41. The maximum absolute atomic E-state index is 11.6. The number of thioether (sulfide) groups is 4. The van der Waals surface area contributed by atoms with E-state index in [0.717, 1.165) is 8.68 Å². The number of carbonyl (C=O) groups excluding carboxylic acids is 2. The molecule has 0 bridgehead atoms. The van der Waals surface area contributed by atoms with Crippen LogP contribution in [0.2, 0.25) is 0 Å². The molecule has 134 valence electrons. The molecule has 2 aliphatic heterocycles. The Balaban J connectivity index is 1.39. The average Bonchev–Trinajstić information content (AvgIpc) is 3.25. The van der Waals surface area contributed by atoms with E-state index in [1.165, 1.54) is 68.4 Å². The molecule has 3 heterocycles. The van der Waals surface area contributed by atoms with Crippen LogP contribution in [-0.2, 0) is 9.59 Å². The van der Waals surface area contributed by atoms with Gasteiger partial charge >= 0.3 is 0 Å². The summed E-state index contributed by atoms with van der Waals surface area (Å²) >= 11 is 17.2. The standard InChI is InChI=1S/C10H10N6O2S7/c17-5-1-21-9(19)15(5)11-3-23-7-13-14-8(25-7)24-4-12-16-6(18)2-22-10(16)20/h11-12H,1-4H2. The second-order valence-electron chi connectivity index (χ2n) is 4.29. The Morgan fingerprint density at radius 2 is 1.36 bits per heavy atom. The van der Waals surface area contributed by atoms with E-state index in [-0.39, 0.29) is 11.8 Å². The molecule has 1 aromatic heterocycles. The number of nitrogens with zero attached hydrogens (tertiary/aromatic N) is 4. The summed E-state index contributed by atoms with van der Waals surface area (Å²) in [5.74, 6) is 1.62. The van der Waals surface area contributed by atoms with Crippen LogP contribution in [0, 0.1) is 0 Å². The summed E-state index contributed by atoms with van der Waals surface area (Å²) in [6.45, 7) is 0. The van der Waals surface area contributed by atoms with Gasteiger partial charge in [0.25, 0.3) is 11.8 Å². The number of hydrogen-bond acceptors (Lipinski definition) is 13. The molecular weight excluding hydrogens is 461 g/mol. The molecule has 2 N–H and O–H groups in total. The molecule has 3 rings (SSSR count). The predicted molar refractivity (Wildman–Crippen MR) is 111 cm³/mol. The summed E-state index contributed by atoms with van der Waals surface area (Å²) in [5.41, 5.74) is 5.94. The van der Waals surface area contributed by atoms with Gasteiger partial charge in [-0.05, 0) is 0 Å². The van der Waals surface area contributed by atoms with Crippen LogP contribution in [0.15, 0.2) is 8.68 Å². The first-order chi connectivity index (χ1) is 12.0. The second kappa shape index (κ2) is 9.27. The van der Waals surface area contributed by atoms with Gasteiger partial charge in [0.2, 0.25) is 0 Å². The molecule has 0 aromatic carbocycles. The molecule has 0 unspecified atom stereocenters. The molecule has 2 aliphatic rings. The number of thiocarbonyl (C=S) groups is 2. The molecular formula is C10H10N6O2S7. The van der Waals surface area contributed by atoms with E-state index >= 15 is 0 Å². The zero-order valence-corrected chi connectivity index (χ0v) is 18.0. The number of rotatable bonds is 8. The fourth-order valence-corrected chi connectivity index (χ4v) is 6.28. The van der Waals surface area contributed by atoms with Gasteiger partial charge in [-0.3, -0.25) is 9.59 Å². The molecule has 2 fully saturated rings. The maximum Gasteiger partial charge on any atom is 0.253 e. The van der Waals surface area contributed by atoms with Gasteiger partial charge in [0.05, 0.1) is 23.3 Å². The van der Waals surface area contributed by atoms with Crippen molar-refractivity contribution in [1.29, 1.82) is 0 Å². The first-order valence-electron chi connectivity index (χ1n) is 6.60. The van der Waals surface area contributed by atoms with Gasteiger partial charge in [0, 0.05) is 0 Å². The molecule has 25 heavy (non-hydrogen) atoms. The minimum absolute atomic E-state index is 0.0391. The normalized spacial score (nSPS) is 18.1. The largest absolute Gasteiger partial charge is 0.272 e. The Kier molecular flexibility index (Phi) is 7.33. The summed E-state index contributed by atoms with van der Waals surface area (Å²) < 4.78 is 2.64. The number of hydrazine groups is 2. The second-order valence-corrected chi connectivity index (χ2v) is 10.9. The van der Waals surface area contributed by atoms with Crippen LogP contribution in [0.25, 0.3) is 0 Å². The summed E-state index contributed by atoms with van der Waals surface area (Å²) in [7, 11) is 0. The molecule has 0 radical (unpaired) electrons. The summed E-state index contributed by atoms with van der Waals surface area (Å²) in [6, 6.07) is 0. The van der Waals surface area contributed by atoms with Crippen LogP contribution in [0.3, 0.4) is 0 Å². The van der Waals surface area contributed by atoms with Gasteiger partial charge in [0.1, 0.15) is 0 Å². The van der Waals surface area contributed by atoms with Crippen molar-refractivity contribution in [3.05, 3.63) is 0 Å². The third-order valence-electron chi connectivity index (χ3n) is 2.73. The minimum Gasteiger partial charge on any atom is -0.272 e. The van der Waals surface area contributed by atoms with Crippen molar-refractivity contribution in [3.63, 3.8) is 0 Å². The first-order valence-corrected chi connectivity index (χ1v) is 12.2. The molecule has 0 spiro atoms. The highest BCUT2D eigenvalue weighted by Gasteiger charge is 2.27. The SMILES string of the molecule is O=C1CSC(=S)N1NCSc1nnc(SCNN2C(=O)CSC2=S)s1. The van der Waals surface area contributed by atoms with Crippen LogP contribution in [0.1, 0.15) is 0 Å². The third-order valence-corrected chi connectivity index (χ3v) is 8.36. The van der Waals surface area contributed by atoms with Crippen LogP contribution in [0.4, 0.5) is 0 Å². The van der Waals surface area contributed by atoms with E-state index in [9.17, 15) is 9.59 Å². The minimum atomic E-state index is -0.0391. The number of nitrogens with one attached hydrogen (secondary N) is 2. The third kappa shape index (κ3) is 5.26. The van der Waals surface area contributed by atoms with Crippen molar-refractivity contribution < 1.29 is 9.59 Å². The van der Waals surface area contributed by atoms with Gasteiger partial charge in [-0.25, -0.2) is 20.9 Å². The summed E-state index contributed by atoms with van der Waals surface area (Å²) in [6.07, 6.45) is 0. The van der Waals surface area contributed by atoms with Gasteiger partial charge in [-0.15, -0.1) is 10.2 Å². The van der Waals surface area contributed by atoms with Crippen molar-refractivity contribution in [3.8, 4) is 0 Å². The fraction of sp³-hybridized carbons (Fsp3) is 0.400. The van der Waals surface area contributed by atoms with Gasteiger partial charge in [-0.2, -0.15) is 0 Å². The number of amides is 2. The van der Waals surface area contributed by atoms with Gasteiger partial charge in [0.15, 0.2) is 17.3 Å². The molecule has 8 nitrogen and oxygen atoms in total. The van der Waals surface area contributed by atoms with E-state index in [0.29, 0.717) is 31.9 Å². The Hall–Kier alpha value is -0.000000000000000167. The van der Waals surface area contributed by atoms with Crippen molar-refractivity contribution in [2.24, 2.45) is 0 Å². The van der Waals surface area contributed by atoms with E-state index in [2.05, 4.69) is 21.0 Å². The van der Waals surface area contributed by atoms with Crippen molar-refractivity contribution in [2.45, 2.75) is 8.68 Å². The molecule has 15 heteroatoms. The lowest BCUT2D eigenvalue weighted by molar-refractivity contribution is -0.126. The molecule has 2 saturated heterocycles. The van der Waals surface area contributed by atoms with Crippen molar-refractivity contribution in [2.75, 3.05) is 23.3 Å². The Labute approximate surface area is 174 Å². The quantitative estimate of drug-likeness (QED) is 0.327. The Morgan fingerprint density at radius 3 is 1.72 bits per heavy atom. The lowest BCUT2D eigenvalue weighted by atomic mass is 10.7. The van der Waals surface area contributed by atoms with Crippen LogP contribution in [-0.4, -0.2) is 63.9 Å². The van der Waals surface area contributed by atoms with E-state index in [1.807, 2.05) is 0 Å².